The fraction of sp³-hybridized carbons (Fsp3) is 0.591. The Morgan fingerprint density at radius 3 is 2.54 bits per heavy atom. The Bertz CT molecular complexity index is 830. The normalized spacial score (nSPS) is 20.0. The molecule has 0 radical (unpaired) electrons. The number of carbonyl (C=O) groups is 1. The molecule has 1 aromatic carbocycles. The molecule has 4 rings (SSSR count). The summed E-state index contributed by atoms with van der Waals surface area (Å²) >= 11 is 0. The second kappa shape index (κ2) is 8.03. The van der Waals surface area contributed by atoms with Gasteiger partial charge in [0.1, 0.15) is 0 Å². The highest BCUT2D eigenvalue weighted by Gasteiger charge is 2.31. The zero-order valence-electron chi connectivity index (χ0n) is 17.1. The predicted octanol–water partition coefficient (Wildman–Crippen LogP) is 3.56. The molecule has 0 saturated carbocycles. The van der Waals surface area contributed by atoms with Gasteiger partial charge in [0.15, 0.2) is 0 Å². The van der Waals surface area contributed by atoms with Gasteiger partial charge in [-0.25, -0.2) is 4.79 Å². The van der Waals surface area contributed by atoms with Crippen LogP contribution in [0.2, 0.25) is 0 Å². The maximum absolute atomic E-state index is 11.9. The lowest BCUT2D eigenvalue weighted by Crippen LogP contribution is -2.48. The smallest absolute Gasteiger partial charge is 0.409 e. The number of likely N-dealkylation sites (tertiary alicyclic amines) is 2. The number of rotatable bonds is 3. The molecule has 0 bridgehead atoms. The van der Waals surface area contributed by atoms with Gasteiger partial charge in [-0.1, -0.05) is 0 Å². The van der Waals surface area contributed by atoms with Gasteiger partial charge in [-0.2, -0.15) is 0 Å². The number of anilines is 1. The Morgan fingerprint density at radius 1 is 1.14 bits per heavy atom. The summed E-state index contributed by atoms with van der Waals surface area (Å²) < 4.78 is 7.36. The minimum Gasteiger partial charge on any atom is -0.450 e. The van der Waals surface area contributed by atoms with Crippen LogP contribution in [-0.4, -0.2) is 59.3 Å². The first-order valence-corrected chi connectivity index (χ1v) is 10.6. The van der Waals surface area contributed by atoms with E-state index in [2.05, 4.69) is 34.8 Å². The van der Waals surface area contributed by atoms with E-state index in [1.54, 1.807) is 0 Å². The third-order valence-corrected chi connectivity index (χ3v) is 6.52. The van der Waals surface area contributed by atoms with Gasteiger partial charge in [-0.3, -0.25) is 0 Å². The highest BCUT2D eigenvalue weighted by molar-refractivity contribution is 5.87. The fourth-order valence-corrected chi connectivity index (χ4v) is 4.97. The zero-order chi connectivity index (χ0) is 19.7. The van der Waals surface area contributed by atoms with Crippen LogP contribution in [0, 0.1) is 0 Å². The van der Waals surface area contributed by atoms with Crippen molar-refractivity contribution in [3.63, 3.8) is 0 Å². The molecule has 1 aromatic heterocycles. The molecule has 2 fully saturated rings. The van der Waals surface area contributed by atoms with Crippen LogP contribution in [0.1, 0.15) is 44.1 Å². The van der Waals surface area contributed by atoms with Gasteiger partial charge < -0.3 is 24.8 Å². The molecule has 6 nitrogen and oxygen atoms in total. The van der Waals surface area contributed by atoms with Crippen LogP contribution in [0.15, 0.2) is 24.4 Å². The van der Waals surface area contributed by atoms with Crippen molar-refractivity contribution in [3.8, 4) is 0 Å². The van der Waals surface area contributed by atoms with Crippen LogP contribution in [0.25, 0.3) is 10.9 Å². The maximum atomic E-state index is 11.9. The first-order chi connectivity index (χ1) is 13.6. The first-order valence-electron chi connectivity index (χ1n) is 10.6. The van der Waals surface area contributed by atoms with Crippen LogP contribution >= 0.6 is 0 Å². The Labute approximate surface area is 167 Å². The standard InChI is InChI=1S/C22H32N4O2/c1-3-28-22(27)26-12-8-18(9-13-26)25-10-6-16(7-11-25)20-15-24(2)21-5-4-17(23)14-19(20)21/h4-5,14-16,18H,3,6-13,23H2,1-2H3. The predicted molar refractivity (Wildman–Crippen MR) is 112 cm³/mol. The van der Waals surface area contributed by atoms with E-state index in [-0.39, 0.29) is 6.09 Å². The highest BCUT2D eigenvalue weighted by atomic mass is 16.6. The number of hydrogen-bond acceptors (Lipinski definition) is 4. The largest absolute Gasteiger partial charge is 0.450 e. The molecule has 2 aliphatic rings. The first kappa shape index (κ1) is 19.1. The molecule has 28 heavy (non-hydrogen) atoms. The van der Waals surface area contributed by atoms with E-state index in [1.165, 1.54) is 29.3 Å². The van der Waals surface area contributed by atoms with Crippen molar-refractivity contribution in [3.05, 3.63) is 30.0 Å². The third kappa shape index (κ3) is 3.70. The molecule has 2 saturated heterocycles. The summed E-state index contributed by atoms with van der Waals surface area (Å²) in [4.78, 5) is 16.4. The number of benzene rings is 1. The lowest BCUT2D eigenvalue weighted by molar-refractivity contribution is 0.0663. The van der Waals surface area contributed by atoms with Crippen LogP contribution in [0.5, 0.6) is 0 Å². The second-order valence-corrected chi connectivity index (χ2v) is 8.20. The number of carbonyl (C=O) groups excluding carboxylic acids is 1. The Morgan fingerprint density at radius 2 is 1.86 bits per heavy atom. The van der Waals surface area contributed by atoms with E-state index in [9.17, 15) is 4.79 Å². The van der Waals surface area contributed by atoms with Gasteiger partial charge in [0.2, 0.25) is 0 Å². The lowest BCUT2D eigenvalue weighted by atomic mass is 9.87. The van der Waals surface area contributed by atoms with Gasteiger partial charge in [0.25, 0.3) is 0 Å². The number of hydrogen-bond donors (Lipinski definition) is 1. The molecular formula is C22H32N4O2. The molecule has 6 heteroatoms. The van der Waals surface area contributed by atoms with E-state index in [0.29, 0.717) is 18.6 Å². The van der Waals surface area contributed by atoms with Gasteiger partial charge in [-0.05, 0) is 75.4 Å². The number of ether oxygens (including phenoxy) is 1. The number of nitrogens with zero attached hydrogens (tertiary/aromatic N) is 3. The van der Waals surface area contributed by atoms with Crippen molar-refractivity contribution in [2.75, 3.05) is 38.5 Å². The van der Waals surface area contributed by atoms with Crippen LogP contribution in [0.4, 0.5) is 10.5 Å². The number of amides is 1. The molecular weight excluding hydrogens is 352 g/mol. The van der Waals surface area contributed by atoms with Crippen molar-refractivity contribution in [1.82, 2.24) is 14.4 Å². The van der Waals surface area contributed by atoms with Crippen molar-refractivity contribution in [2.24, 2.45) is 7.05 Å². The molecule has 0 atom stereocenters. The average Bonchev–Trinajstić information content (AvgIpc) is 3.04. The van der Waals surface area contributed by atoms with Crippen LogP contribution in [0.3, 0.4) is 0 Å². The second-order valence-electron chi connectivity index (χ2n) is 8.20. The van der Waals surface area contributed by atoms with Crippen molar-refractivity contribution in [2.45, 2.75) is 44.6 Å². The Hall–Kier alpha value is -2.21. The zero-order valence-corrected chi connectivity index (χ0v) is 17.1. The van der Waals surface area contributed by atoms with Gasteiger partial charge in [0.05, 0.1) is 6.61 Å². The number of aryl methyl sites for hydroxylation is 1. The SMILES string of the molecule is CCOC(=O)N1CCC(N2CCC(c3cn(C)c4ccc(N)cc34)CC2)CC1. The number of piperidine rings is 2. The van der Waals surface area contributed by atoms with E-state index in [0.717, 1.165) is 44.7 Å². The Kier molecular flexibility index (Phi) is 5.49. The van der Waals surface area contributed by atoms with E-state index >= 15 is 0 Å². The summed E-state index contributed by atoms with van der Waals surface area (Å²) in [5, 5.41) is 1.31. The van der Waals surface area contributed by atoms with Gasteiger partial charge >= 0.3 is 6.09 Å². The summed E-state index contributed by atoms with van der Waals surface area (Å²) in [5.41, 5.74) is 9.59. The van der Waals surface area contributed by atoms with Gasteiger partial charge in [0, 0.05) is 49.0 Å². The third-order valence-electron chi connectivity index (χ3n) is 6.52. The molecule has 2 aliphatic heterocycles. The summed E-state index contributed by atoms with van der Waals surface area (Å²) in [6.07, 6.45) is 6.61. The minimum atomic E-state index is -0.158. The molecule has 2 aromatic rings. The van der Waals surface area contributed by atoms with E-state index in [1.807, 2.05) is 17.9 Å². The van der Waals surface area contributed by atoms with E-state index < -0.39 is 0 Å². The Balaban J connectivity index is 1.36. The number of fused-ring (bicyclic) bond motifs is 1. The summed E-state index contributed by atoms with van der Waals surface area (Å²) in [6, 6.07) is 6.83. The molecule has 0 spiro atoms. The summed E-state index contributed by atoms with van der Waals surface area (Å²) in [7, 11) is 2.12. The number of nitrogen functional groups attached to an aromatic ring is 1. The monoisotopic (exact) mass is 384 g/mol. The highest BCUT2D eigenvalue weighted by Crippen LogP contribution is 2.36. The molecule has 0 aliphatic carbocycles. The summed E-state index contributed by atoms with van der Waals surface area (Å²) in [5.74, 6) is 0.598. The molecule has 152 valence electrons. The fourth-order valence-electron chi connectivity index (χ4n) is 4.97. The average molecular weight is 385 g/mol. The number of nitrogens with two attached hydrogens (primary N) is 1. The lowest BCUT2D eigenvalue weighted by Gasteiger charge is -2.41. The molecule has 1 amide bonds. The van der Waals surface area contributed by atoms with Gasteiger partial charge in [-0.15, -0.1) is 0 Å². The molecule has 2 N–H and O–H groups in total. The number of aromatic nitrogens is 1. The quantitative estimate of drug-likeness (QED) is 0.822. The molecule has 3 heterocycles. The van der Waals surface area contributed by atoms with Crippen LogP contribution in [-0.2, 0) is 11.8 Å². The van der Waals surface area contributed by atoms with E-state index in [4.69, 9.17) is 10.5 Å². The topological polar surface area (TPSA) is 63.7 Å². The maximum Gasteiger partial charge on any atom is 0.409 e. The molecule has 0 unspecified atom stereocenters. The summed E-state index contributed by atoms with van der Waals surface area (Å²) in [6.45, 7) is 6.20. The minimum absolute atomic E-state index is 0.158. The van der Waals surface area contributed by atoms with Crippen LogP contribution < -0.4 is 5.73 Å². The van der Waals surface area contributed by atoms with Crippen molar-refractivity contribution >= 4 is 22.7 Å². The van der Waals surface area contributed by atoms with Crippen molar-refractivity contribution < 1.29 is 9.53 Å². The van der Waals surface area contributed by atoms with Crippen molar-refractivity contribution in [1.29, 1.82) is 0 Å².